The second-order valence-corrected chi connectivity index (χ2v) is 5.99. The van der Waals surface area contributed by atoms with Gasteiger partial charge in [-0.15, -0.1) is 11.8 Å². The number of hydrogen-bond donors (Lipinski definition) is 0. The minimum absolute atomic E-state index is 0.209. The Labute approximate surface area is 143 Å². The molecule has 2 aromatic carbocycles. The molecule has 0 radical (unpaired) electrons. The fourth-order valence-corrected chi connectivity index (χ4v) is 3.15. The molecular weight excluding hydrogens is 332 g/mol. The van der Waals surface area contributed by atoms with E-state index in [1.54, 1.807) is 25.1 Å². The van der Waals surface area contributed by atoms with Crippen molar-refractivity contribution in [2.24, 2.45) is 0 Å². The Morgan fingerprint density at radius 3 is 2.62 bits per heavy atom. The maximum atomic E-state index is 14.1. The first-order valence-electron chi connectivity index (χ1n) is 7.33. The molecule has 0 fully saturated rings. The molecule has 0 atom stereocenters. The van der Waals surface area contributed by atoms with Crippen molar-refractivity contribution >= 4 is 17.7 Å². The number of rotatable bonds is 6. The molecule has 6 heteroatoms. The summed E-state index contributed by atoms with van der Waals surface area (Å²) in [6.07, 6.45) is 0.209. The van der Waals surface area contributed by atoms with Crippen molar-refractivity contribution < 1.29 is 18.3 Å². The quantitative estimate of drug-likeness (QED) is 0.568. The number of thioether (sulfide) groups is 1. The molecular formula is C18H15F2NO2S. The fraction of sp³-hybridized carbons (Fsp3) is 0.222. The van der Waals surface area contributed by atoms with Crippen LogP contribution in [0.1, 0.15) is 18.9 Å². The normalized spacial score (nSPS) is 10.2. The highest BCUT2D eigenvalue weighted by Gasteiger charge is 2.13. The van der Waals surface area contributed by atoms with Gasteiger partial charge in [-0.3, -0.25) is 4.79 Å². The molecule has 24 heavy (non-hydrogen) atoms. The molecule has 0 amide bonds. The molecule has 124 valence electrons. The predicted octanol–water partition coefficient (Wildman–Crippen LogP) is 4.55. The van der Waals surface area contributed by atoms with Crippen LogP contribution in [0.2, 0.25) is 0 Å². The number of carbonyl (C=O) groups is 1. The zero-order valence-electron chi connectivity index (χ0n) is 13.0. The van der Waals surface area contributed by atoms with Gasteiger partial charge in [0.1, 0.15) is 11.6 Å². The summed E-state index contributed by atoms with van der Waals surface area (Å²) in [7, 11) is 0. The minimum Gasteiger partial charge on any atom is -0.466 e. The van der Waals surface area contributed by atoms with Crippen LogP contribution in [0, 0.1) is 23.0 Å². The predicted molar refractivity (Wildman–Crippen MR) is 88.5 cm³/mol. The Hall–Kier alpha value is -2.39. The van der Waals surface area contributed by atoms with Crippen LogP contribution in [0.3, 0.4) is 0 Å². The molecule has 2 rings (SSSR count). The summed E-state index contributed by atoms with van der Waals surface area (Å²) in [5.41, 5.74) is 1.24. The van der Waals surface area contributed by atoms with Gasteiger partial charge in [0.2, 0.25) is 0 Å². The topological polar surface area (TPSA) is 50.1 Å². The lowest BCUT2D eigenvalue weighted by Gasteiger charge is -2.11. The van der Waals surface area contributed by atoms with Crippen molar-refractivity contribution in [3.05, 3.63) is 53.6 Å². The largest absolute Gasteiger partial charge is 0.466 e. The van der Waals surface area contributed by atoms with Gasteiger partial charge in [-0.2, -0.15) is 5.26 Å². The van der Waals surface area contributed by atoms with Crippen LogP contribution in [0.4, 0.5) is 8.78 Å². The second-order valence-electron chi connectivity index (χ2n) is 4.85. The summed E-state index contributed by atoms with van der Waals surface area (Å²) >= 11 is 1.33. The fourth-order valence-electron chi connectivity index (χ4n) is 2.12. The molecule has 0 unspecified atom stereocenters. The van der Waals surface area contributed by atoms with Crippen LogP contribution < -0.4 is 0 Å². The first-order chi connectivity index (χ1) is 11.5. The van der Waals surface area contributed by atoms with Gasteiger partial charge in [0.25, 0.3) is 0 Å². The van der Waals surface area contributed by atoms with E-state index in [9.17, 15) is 13.6 Å². The maximum absolute atomic E-state index is 14.1. The van der Waals surface area contributed by atoms with Crippen molar-refractivity contribution in [2.45, 2.75) is 18.2 Å². The van der Waals surface area contributed by atoms with E-state index in [4.69, 9.17) is 10.00 Å². The number of benzene rings is 2. The lowest BCUT2D eigenvalue weighted by atomic mass is 10.0. The molecule has 0 spiro atoms. The highest BCUT2D eigenvalue weighted by Crippen LogP contribution is 2.34. The van der Waals surface area contributed by atoms with Gasteiger partial charge in [0, 0.05) is 22.3 Å². The molecule has 0 saturated carbocycles. The van der Waals surface area contributed by atoms with Crippen molar-refractivity contribution in [3.63, 3.8) is 0 Å². The van der Waals surface area contributed by atoms with Crippen LogP contribution in [0.25, 0.3) is 11.1 Å². The monoisotopic (exact) mass is 347 g/mol. The van der Waals surface area contributed by atoms with E-state index in [0.29, 0.717) is 28.4 Å². The maximum Gasteiger partial charge on any atom is 0.306 e. The number of halogens is 2. The number of nitrogens with zero attached hydrogens (tertiary/aromatic N) is 1. The molecule has 0 heterocycles. The SMILES string of the molecule is CCOC(=O)CCSc1cc(C#N)ccc1-c1ccc(F)cc1F. The summed E-state index contributed by atoms with van der Waals surface area (Å²) in [5.74, 6) is -1.20. The van der Waals surface area contributed by atoms with Crippen molar-refractivity contribution in [2.75, 3.05) is 12.4 Å². The third-order valence-corrected chi connectivity index (χ3v) is 4.26. The Morgan fingerprint density at radius 1 is 1.21 bits per heavy atom. The summed E-state index contributed by atoms with van der Waals surface area (Å²) in [6.45, 7) is 2.05. The molecule has 2 aromatic rings. The molecule has 0 N–H and O–H groups in total. The summed E-state index contributed by atoms with van der Waals surface area (Å²) < 4.78 is 32.0. The number of ether oxygens (including phenoxy) is 1. The summed E-state index contributed by atoms with van der Waals surface area (Å²) in [4.78, 5) is 12.1. The van der Waals surface area contributed by atoms with E-state index in [1.165, 1.54) is 23.9 Å². The van der Waals surface area contributed by atoms with Gasteiger partial charge >= 0.3 is 5.97 Å². The number of nitriles is 1. The lowest BCUT2D eigenvalue weighted by Crippen LogP contribution is -2.04. The summed E-state index contributed by atoms with van der Waals surface area (Å²) in [5, 5.41) is 9.04. The molecule has 0 aromatic heterocycles. The first kappa shape index (κ1) is 18.0. The number of carbonyl (C=O) groups excluding carboxylic acids is 1. The van der Waals surface area contributed by atoms with E-state index >= 15 is 0 Å². The van der Waals surface area contributed by atoms with Crippen molar-refractivity contribution in [1.82, 2.24) is 0 Å². The standard InChI is InChI=1S/C18H15F2NO2S/c1-2-23-18(22)7-8-24-17-9-12(11-21)3-5-15(17)14-6-4-13(19)10-16(14)20/h3-6,9-10H,2,7-8H2,1H3. The van der Waals surface area contributed by atoms with Gasteiger partial charge in [-0.05, 0) is 36.8 Å². The third-order valence-electron chi connectivity index (χ3n) is 3.20. The van der Waals surface area contributed by atoms with Gasteiger partial charge in [0.15, 0.2) is 0 Å². The van der Waals surface area contributed by atoms with Gasteiger partial charge in [-0.1, -0.05) is 6.07 Å². The molecule has 0 bridgehead atoms. The van der Waals surface area contributed by atoms with Gasteiger partial charge < -0.3 is 4.74 Å². The highest BCUT2D eigenvalue weighted by molar-refractivity contribution is 7.99. The Balaban J connectivity index is 2.28. The zero-order valence-corrected chi connectivity index (χ0v) is 13.8. The minimum atomic E-state index is -0.674. The zero-order chi connectivity index (χ0) is 17.5. The highest BCUT2D eigenvalue weighted by atomic mass is 32.2. The van der Waals surface area contributed by atoms with Crippen LogP contribution in [-0.2, 0) is 9.53 Å². The van der Waals surface area contributed by atoms with E-state index in [1.807, 2.05) is 6.07 Å². The lowest BCUT2D eigenvalue weighted by molar-refractivity contribution is -0.142. The molecule has 3 nitrogen and oxygen atoms in total. The van der Waals surface area contributed by atoms with Crippen LogP contribution in [0.15, 0.2) is 41.3 Å². The molecule has 0 saturated heterocycles. The van der Waals surface area contributed by atoms with Gasteiger partial charge in [-0.25, -0.2) is 8.78 Å². The number of hydrogen-bond acceptors (Lipinski definition) is 4. The van der Waals surface area contributed by atoms with Crippen molar-refractivity contribution in [3.8, 4) is 17.2 Å². The summed E-state index contributed by atoms with van der Waals surface area (Å²) in [6, 6.07) is 10.2. The first-order valence-corrected chi connectivity index (χ1v) is 8.31. The van der Waals surface area contributed by atoms with E-state index in [-0.39, 0.29) is 18.0 Å². The Bertz CT molecular complexity index is 787. The van der Waals surface area contributed by atoms with Crippen LogP contribution in [0.5, 0.6) is 0 Å². The van der Waals surface area contributed by atoms with Gasteiger partial charge in [0.05, 0.1) is 24.7 Å². The third kappa shape index (κ3) is 4.56. The van der Waals surface area contributed by atoms with Crippen LogP contribution >= 0.6 is 11.8 Å². The molecule has 0 aliphatic heterocycles. The average molecular weight is 347 g/mol. The van der Waals surface area contributed by atoms with E-state index in [2.05, 4.69) is 0 Å². The van der Waals surface area contributed by atoms with E-state index < -0.39 is 11.6 Å². The number of esters is 1. The Morgan fingerprint density at radius 2 is 1.96 bits per heavy atom. The van der Waals surface area contributed by atoms with Crippen LogP contribution in [-0.4, -0.2) is 18.3 Å². The second kappa shape index (κ2) is 8.46. The Kier molecular flexibility index (Phi) is 6.33. The average Bonchev–Trinajstić information content (AvgIpc) is 2.55. The molecule has 0 aliphatic rings. The smallest absolute Gasteiger partial charge is 0.306 e. The van der Waals surface area contributed by atoms with Crippen molar-refractivity contribution in [1.29, 1.82) is 5.26 Å². The molecule has 0 aliphatic carbocycles. The van der Waals surface area contributed by atoms with E-state index in [0.717, 1.165) is 6.07 Å².